The molecule has 0 saturated heterocycles. The number of rotatable bonds is 0. The van der Waals surface area contributed by atoms with E-state index in [1.165, 1.54) is 6.42 Å². The average Bonchev–Trinajstić information content (AvgIpc) is 2.45. The van der Waals surface area contributed by atoms with Gasteiger partial charge in [-0.25, -0.2) is 4.99 Å². The van der Waals surface area contributed by atoms with Crippen LogP contribution in [0.1, 0.15) is 31.4 Å². The van der Waals surface area contributed by atoms with E-state index in [1.54, 1.807) is 0 Å². The average molecular weight is 189 g/mol. The van der Waals surface area contributed by atoms with Crippen molar-refractivity contribution in [2.45, 2.75) is 20.3 Å². The molecule has 0 saturated carbocycles. The molecule has 0 amide bonds. The van der Waals surface area contributed by atoms with Gasteiger partial charge >= 0.3 is 0 Å². The Morgan fingerprint density at radius 2 is 1.71 bits per heavy atom. The van der Waals surface area contributed by atoms with Gasteiger partial charge < -0.3 is 5.73 Å². The Morgan fingerprint density at radius 3 is 2.21 bits per heavy atom. The van der Waals surface area contributed by atoms with Crippen LogP contribution < -0.4 is 5.73 Å². The highest BCUT2D eigenvalue weighted by Gasteiger charge is 2.16. The predicted molar refractivity (Wildman–Crippen MR) is 60.0 cm³/mol. The van der Waals surface area contributed by atoms with E-state index < -0.39 is 0 Å². The molecule has 0 aliphatic carbocycles. The molecule has 0 spiro atoms. The number of nitrogens with one attached hydrogen (secondary N) is 1. The van der Waals surface area contributed by atoms with Gasteiger partial charge in [-0.05, 0) is 0 Å². The largest absolute Gasteiger partial charge is 0.383 e. The lowest BCUT2D eigenvalue weighted by atomic mass is 10.1. The van der Waals surface area contributed by atoms with Gasteiger partial charge in [0.2, 0.25) is 0 Å². The first-order chi connectivity index (χ1) is 6.70. The van der Waals surface area contributed by atoms with Crippen molar-refractivity contribution in [3.05, 3.63) is 35.4 Å². The summed E-state index contributed by atoms with van der Waals surface area (Å²) in [4.78, 5) is 3.83. The molecule has 0 atom stereocenters. The van der Waals surface area contributed by atoms with Crippen molar-refractivity contribution in [1.29, 1.82) is 5.41 Å². The Balaban J connectivity index is 0.000000293. The van der Waals surface area contributed by atoms with Gasteiger partial charge in [0.15, 0.2) is 5.84 Å². The number of hydrogen-bond acceptors (Lipinski definition) is 2. The molecule has 0 unspecified atom stereocenters. The van der Waals surface area contributed by atoms with Crippen LogP contribution in [0.3, 0.4) is 0 Å². The molecule has 1 aromatic carbocycles. The molecule has 0 aromatic heterocycles. The second-order valence-electron chi connectivity index (χ2n) is 3.10. The molecule has 14 heavy (non-hydrogen) atoms. The molecule has 1 aromatic rings. The fourth-order valence-corrected chi connectivity index (χ4v) is 1.15. The first kappa shape index (κ1) is 10.4. The molecule has 1 aliphatic rings. The number of hydrogen-bond donors (Lipinski definition) is 2. The Hall–Kier alpha value is -1.64. The zero-order valence-corrected chi connectivity index (χ0v) is 8.54. The molecule has 0 fully saturated rings. The van der Waals surface area contributed by atoms with Crippen molar-refractivity contribution < 1.29 is 0 Å². The second kappa shape index (κ2) is 4.56. The van der Waals surface area contributed by atoms with Crippen molar-refractivity contribution in [1.82, 2.24) is 0 Å². The highest BCUT2D eigenvalue weighted by Crippen LogP contribution is 2.15. The lowest BCUT2D eigenvalue weighted by molar-refractivity contribution is 1.09. The van der Waals surface area contributed by atoms with E-state index in [-0.39, 0.29) is 5.84 Å². The summed E-state index contributed by atoms with van der Waals surface area (Å²) in [5.41, 5.74) is 7.24. The molecular weight excluding hydrogens is 174 g/mol. The summed E-state index contributed by atoms with van der Waals surface area (Å²) >= 11 is 0. The summed E-state index contributed by atoms with van der Waals surface area (Å²) < 4.78 is 0. The van der Waals surface area contributed by atoms with Crippen molar-refractivity contribution in [2.75, 3.05) is 0 Å². The van der Waals surface area contributed by atoms with Gasteiger partial charge in [-0.3, -0.25) is 5.41 Å². The Bertz CT molecular complexity index is 367. The Kier molecular flexibility index (Phi) is 3.40. The van der Waals surface area contributed by atoms with E-state index in [2.05, 4.69) is 18.8 Å². The van der Waals surface area contributed by atoms with E-state index in [0.717, 1.165) is 11.1 Å². The summed E-state index contributed by atoms with van der Waals surface area (Å²) in [7, 11) is 0. The van der Waals surface area contributed by atoms with Gasteiger partial charge in [-0.15, -0.1) is 0 Å². The van der Waals surface area contributed by atoms with E-state index in [0.29, 0.717) is 5.84 Å². The van der Waals surface area contributed by atoms with E-state index in [4.69, 9.17) is 11.1 Å². The smallest absolute Gasteiger partial charge is 0.154 e. The number of nitrogens with zero attached hydrogens (tertiary/aromatic N) is 1. The molecule has 1 aliphatic heterocycles. The van der Waals surface area contributed by atoms with Crippen LogP contribution in [-0.2, 0) is 0 Å². The Labute approximate surface area is 84.2 Å². The molecule has 3 nitrogen and oxygen atoms in total. The number of fused-ring (bicyclic) bond motifs is 1. The normalized spacial score (nSPS) is 12.7. The standard InChI is InChI=1S/C8H7N3.C3H8/c9-7-5-3-1-2-4-6(5)8(10)11-7;1-3-2/h1-4H,(H3,9,10,11);3H2,1-2H3. The van der Waals surface area contributed by atoms with Crippen LogP contribution >= 0.6 is 0 Å². The third-order valence-electron chi connectivity index (χ3n) is 1.69. The van der Waals surface area contributed by atoms with Crippen molar-refractivity contribution in [3.63, 3.8) is 0 Å². The summed E-state index contributed by atoms with van der Waals surface area (Å²) in [6, 6.07) is 7.48. The van der Waals surface area contributed by atoms with E-state index in [1.807, 2.05) is 24.3 Å². The van der Waals surface area contributed by atoms with Crippen LogP contribution in [-0.4, -0.2) is 11.7 Å². The van der Waals surface area contributed by atoms with Gasteiger partial charge in [0.1, 0.15) is 5.84 Å². The Morgan fingerprint density at radius 1 is 1.21 bits per heavy atom. The molecule has 0 radical (unpaired) electrons. The van der Waals surface area contributed by atoms with Crippen LogP contribution in [0, 0.1) is 5.41 Å². The topological polar surface area (TPSA) is 62.2 Å². The summed E-state index contributed by atoms with van der Waals surface area (Å²) in [5.74, 6) is 0.712. The first-order valence-electron chi connectivity index (χ1n) is 4.73. The quantitative estimate of drug-likeness (QED) is 0.645. The zero-order valence-electron chi connectivity index (χ0n) is 8.54. The lowest BCUT2D eigenvalue weighted by Gasteiger charge is -1.94. The van der Waals surface area contributed by atoms with Crippen molar-refractivity contribution in [2.24, 2.45) is 10.7 Å². The number of aliphatic imine (C=N–C) groups is 1. The van der Waals surface area contributed by atoms with Crippen molar-refractivity contribution in [3.8, 4) is 0 Å². The molecule has 3 N–H and O–H groups in total. The highest BCUT2D eigenvalue weighted by molar-refractivity contribution is 6.20. The fourth-order valence-electron chi connectivity index (χ4n) is 1.15. The molecule has 0 bridgehead atoms. The fraction of sp³-hybridized carbons (Fsp3) is 0.273. The molecule has 1 heterocycles. The SMILES string of the molecule is CCC.N=C1N=C(N)c2ccccc21. The van der Waals surface area contributed by atoms with Gasteiger partial charge in [0, 0.05) is 11.1 Å². The van der Waals surface area contributed by atoms with Gasteiger partial charge in [-0.1, -0.05) is 44.5 Å². The minimum Gasteiger partial charge on any atom is -0.383 e. The maximum atomic E-state index is 7.39. The van der Waals surface area contributed by atoms with Crippen LogP contribution in [0.5, 0.6) is 0 Å². The summed E-state index contributed by atoms with van der Waals surface area (Å²) in [5, 5.41) is 7.39. The molecular formula is C11H15N3. The third kappa shape index (κ3) is 1.99. The third-order valence-corrected chi connectivity index (χ3v) is 1.69. The lowest BCUT2D eigenvalue weighted by Crippen LogP contribution is -2.09. The van der Waals surface area contributed by atoms with Gasteiger partial charge in [0.25, 0.3) is 0 Å². The van der Waals surface area contributed by atoms with Crippen LogP contribution in [0.4, 0.5) is 0 Å². The van der Waals surface area contributed by atoms with E-state index >= 15 is 0 Å². The predicted octanol–water partition coefficient (Wildman–Crippen LogP) is 2.15. The molecule has 74 valence electrons. The maximum absolute atomic E-state index is 7.39. The minimum atomic E-state index is 0.262. The first-order valence-corrected chi connectivity index (χ1v) is 4.73. The monoisotopic (exact) mass is 189 g/mol. The van der Waals surface area contributed by atoms with E-state index in [9.17, 15) is 0 Å². The maximum Gasteiger partial charge on any atom is 0.154 e. The number of benzene rings is 1. The zero-order chi connectivity index (χ0) is 10.6. The van der Waals surface area contributed by atoms with Crippen LogP contribution in [0.15, 0.2) is 29.3 Å². The highest BCUT2D eigenvalue weighted by atomic mass is 14.9. The minimum absolute atomic E-state index is 0.262. The van der Waals surface area contributed by atoms with Crippen LogP contribution in [0.2, 0.25) is 0 Å². The van der Waals surface area contributed by atoms with Crippen LogP contribution in [0.25, 0.3) is 0 Å². The van der Waals surface area contributed by atoms with Gasteiger partial charge in [0.05, 0.1) is 0 Å². The van der Waals surface area contributed by atoms with Gasteiger partial charge in [-0.2, -0.15) is 0 Å². The second-order valence-corrected chi connectivity index (χ2v) is 3.10. The molecule has 3 heteroatoms. The number of nitrogens with two attached hydrogens (primary N) is 1. The molecule has 2 rings (SSSR count). The summed E-state index contributed by atoms with van der Waals surface area (Å²) in [6.45, 7) is 4.25. The summed E-state index contributed by atoms with van der Waals surface area (Å²) in [6.07, 6.45) is 1.25. The van der Waals surface area contributed by atoms with Crippen molar-refractivity contribution >= 4 is 11.7 Å². The number of amidine groups is 2.